The molecular weight excluding hydrogens is 177 g/mol. The molecule has 1 unspecified atom stereocenters. The van der Waals surface area contributed by atoms with Gasteiger partial charge in [0, 0.05) is 0 Å². The van der Waals surface area contributed by atoms with E-state index in [-0.39, 0.29) is 6.73 Å². The molecule has 1 atom stereocenters. The average molecular weight is 187 g/mol. The normalized spacial score (nSPS) is 12.5. The van der Waals surface area contributed by atoms with Gasteiger partial charge < -0.3 is 15.2 Å². The minimum atomic E-state index is -1.88. The molecule has 1 rings (SSSR count). The van der Waals surface area contributed by atoms with Gasteiger partial charge in [0.25, 0.3) is 0 Å². The maximum atomic E-state index is 9.04. The van der Waals surface area contributed by atoms with Crippen molar-refractivity contribution in [3.63, 3.8) is 0 Å². The molecular formula is C7H10NO3P. The lowest BCUT2D eigenvalue weighted by Gasteiger charge is -2.09. The number of para-hydroxylation sites is 1. The van der Waals surface area contributed by atoms with Crippen LogP contribution in [-0.4, -0.2) is 11.6 Å². The summed E-state index contributed by atoms with van der Waals surface area (Å²) in [6.07, 6.45) is 0. The molecule has 0 radical (unpaired) electrons. The first-order valence-electron chi connectivity index (χ1n) is 3.38. The zero-order valence-corrected chi connectivity index (χ0v) is 7.28. The molecule has 0 aliphatic carbocycles. The van der Waals surface area contributed by atoms with Crippen molar-refractivity contribution in [2.45, 2.75) is 0 Å². The summed E-state index contributed by atoms with van der Waals surface area (Å²) in [7, 11) is -1.88. The fourth-order valence-electron chi connectivity index (χ4n) is 0.662. The Labute approximate surface area is 71.9 Å². The predicted molar refractivity (Wildman–Crippen MR) is 46.3 cm³/mol. The predicted octanol–water partition coefficient (Wildman–Crippen LogP) is 1.22. The van der Waals surface area contributed by atoms with Crippen molar-refractivity contribution >= 4 is 8.60 Å². The Morgan fingerprint density at radius 1 is 1.33 bits per heavy atom. The molecule has 0 fully saturated rings. The van der Waals surface area contributed by atoms with E-state index in [0.717, 1.165) is 0 Å². The highest BCUT2D eigenvalue weighted by atomic mass is 31.2. The zero-order valence-electron chi connectivity index (χ0n) is 6.38. The van der Waals surface area contributed by atoms with Gasteiger partial charge in [-0.1, -0.05) is 18.2 Å². The van der Waals surface area contributed by atoms with E-state index < -0.39 is 8.60 Å². The summed E-state index contributed by atoms with van der Waals surface area (Å²) in [6, 6.07) is 8.93. The molecule has 12 heavy (non-hydrogen) atoms. The molecule has 4 nitrogen and oxygen atoms in total. The van der Waals surface area contributed by atoms with E-state index in [1.54, 1.807) is 24.3 Å². The van der Waals surface area contributed by atoms with E-state index >= 15 is 0 Å². The maximum absolute atomic E-state index is 9.04. The summed E-state index contributed by atoms with van der Waals surface area (Å²) in [4.78, 5) is 9.04. The fraction of sp³-hybridized carbons (Fsp3) is 0.143. The van der Waals surface area contributed by atoms with Crippen molar-refractivity contribution < 1.29 is 13.9 Å². The van der Waals surface area contributed by atoms with Gasteiger partial charge in [0.2, 0.25) is 0 Å². The van der Waals surface area contributed by atoms with E-state index in [1.165, 1.54) is 0 Å². The topological polar surface area (TPSA) is 64.7 Å². The van der Waals surface area contributed by atoms with Crippen LogP contribution < -0.4 is 10.3 Å². The Morgan fingerprint density at radius 2 is 2.00 bits per heavy atom. The third kappa shape index (κ3) is 3.15. The van der Waals surface area contributed by atoms with Gasteiger partial charge in [-0.25, -0.2) is 0 Å². The zero-order chi connectivity index (χ0) is 8.81. The lowest BCUT2D eigenvalue weighted by molar-refractivity contribution is 0.268. The van der Waals surface area contributed by atoms with Crippen LogP contribution in [0.1, 0.15) is 0 Å². The Bertz CT molecular complexity index is 219. The van der Waals surface area contributed by atoms with Gasteiger partial charge in [0.15, 0.2) is 0 Å². The quantitative estimate of drug-likeness (QED) is 0.549. The number of nitrogens with two attached hydrogens (primary N) is 1. The van der Waals surface area contributed by atoms with Gasteiger partial charge in [0.1, 0.15) is 12.5 Å². The third-order valence-electron chi connectivity index (χ3n) is 1.11. The molecule has 0 spiro atoms. The third-order valence-corrected chi connectivity index (χ3v) is 1.85. The summed E-state index contributed by atoms with van der Waals surface area (Å²) >= 11 is 0. The highest BCUT2D eigenvalue weighted by molar-refractivity contribution is 7.41. The van der Waals surface area contributed by atoms with Crippen LogP contribution in [0, 0.1) is 0 Å². The molecule has 3 N–H and O–H groups in total. The second-order valence-electron chi connectivity index (χ2n) is 1.94. The van der Waals surface area contributed by atoms with Crippen LogP contribution in [0.4, 0.5) is 0 Å². The molecule has 0 aliphatic heterocycles. The van der Waals surface area contributed by atoms with Gasteiger partial charge in [-0.3, -0.25) is 4.52 Å². The average Bonchev–Trinajstić information content (AvgIpc) is 2.06. The van der Waals surface area contributed by atoms with Crippen molar-refractivity contribution in [1.29, 1.82) is 0 Å². The highest BCUT2D eigenvalue weighted by Crippen LogP contribution is 2.33. The molecule has 0 saturated carbocycles. The molecule has 0 aliphatic rings. The number of rotatable bonds is 4. The maximum Gasteiger partial charge on any atom is 0.395 e. The van der Waals surface area contributed by atoms with E-state index in [9.17, 15) is 0 Å². The molecule has 1 aromatic carbocycles. The van der Waals surface area contributed by atoms with Crippen molar-refractivity contribution in [2.75, 3.05) is 6.73 Å². The standard InChI is InChI=1S/C7H10NO3P/c8-6-10-12(9)11-7-4-2-1-3-5-7/h1-5,9H,6,8H2. The first-order valence-corrected chi connectivity index (χ1v) is 4.51. The van der Waals surface area contributed by atoms with E-state index in [2.05, 4.69) is 4.52 Å². The van der Waals surface area contributed by atoms with Crippen molar-refractivity contribution in [3.8, 4) is 5.75 Å². The van der Waals surface area contributed by atoms with E-state index in [0.29, 0.717) is 5.75 Å². The molecule has 0 amide bonds. The molecule has 0 bridgehead atoms. The first kappa shape index (κ1) is 9.42. The Kier molecular flexibility index (Phi) is 3.97. The molecule has 5 heteroatoms. The molecule has 0 heterocycles. The lowest BCUT2D eigenvalue weighted by Crippen LogP contribution is -2.02. The van der Waals surface area contributed by atoms with E-state index in [4.69, 9.17) is 15.2 Å². The van der Waals surface area contributed by atoms with E-state index in [1.807, 2.05) is 6.07 Å². The molecule has 66 valence electrons. The Morgan fingerprint density at radius 3 is 2.58 bits per heavy atom. The van der Waals surface area contributed by atoms with Gasteiger partial charge in [0.05, 0.1) is 0 Å². The second kappa shape index (κ2) is 5.06. The van der Waals surface area contributed by atoms with Crippen molar-refractivity contribution in [3.05, 3.63) is 30.3 Å². The van der Waals surface area contributed by atoms with Gasteiger partial charge in [-0.05, 0) is 12.1 Å². The summed E-state index contributed by atoms with van der Waals surface area (Å²) in [5, 5.41) is 0. The smallest absolute Gasteiger partial charge is 0.395 e. The van der Waals surface area contributed by atoms with Gasteiger partial charge >= 0.3 is 8.60 Å². The van der Waals surface area contributed by atoms with Crippen molar-refractivity contribution in [2.24, 2.45) is 5.73 Å². The van der Waals surface area contributed by atoms with Crippen LogP contribution in [0.15, 0.2) is 30.3 Å². The summed E-state index contributed by atoms with van der Waals surface area (Å²) < 4.78 is 9.59. The van der Waals surface area contributed by atoms with Crippen LogP contribution in [0.3, 0.4) is 0 Å². The van der Waals surface area contributed by atoms with Crippen LogP contribution in [-0.2, 0) is 4.52 Å². The monoisotopic (exact) mass is 187 g/mol. The fourth-order valence-corrected chi connectivity index (χ4v) is 1.14. The minimum absolute atomic E-state index is 0.0466. The van der Waals surface area contributed by atoms with Crippen LogP contribution in [0.5, 0.6) is 5.75 Å². The number of hydrogen-bond donors (Lipinski definition) is 2. The van der Waals surface area contributed by atoms with Crippen LogP contribution in [0.2, 0.25) is 0 Å². The molecule has 1 aromatic rings. The summed E-state index contributed by atoms with van der Waals surface area (Å²) in [6.45, 7) is -0.0466. The second-order valence-corrected chi connectivity index (χ2v) is 2.85. The summed E-state index contributed by atoms with van der Waals surface area (Å²) in [5.41, 5.74) is 5.04. The summed E-state index contributed by atoms with van der Waals surface area (Å²) in [5.74, 6) is 0.569. The van der Waals surface area contributed by atoms with Crippen LogP contribution >= 0.6 is 8.60 Å². The largest absolute Gasteiger partial charge is 0.427 e. The first-order chi connectivity index (χ1) is 5.83. The van der Waals surface area contributed by atoms with Crippen LogP contribution in [0.25, 0.3) is 0 Å². The van der Waals surface area contributed by atoms with Gasteiger partial charge in [-0.15, -0.1) is 0 Å². The SMILES string of the molecule is NCOP(O)Oc1ccccc1. The Hall–Kier alpha value is -0.670. The Balaban J connectivity index is 2.41. The molecule has 0 saturated heterocycles. The number of hydrogen-bond acceptors (Lipinski definition) is 4. The minimum Gasteiger partial charge on any atom is -0.427 e. The number of benzene rings is 1. The van der Waals surface area contributed by atoms with Crippen molar-refractivity contribution in [1.82, 2.24) is 0 Å². The van der Waals surface area contributed by atoms with Gasteiger partial charge in [-0.2, -0.15) is 0 Å². The highest BCUT2D eigenvalue weighted by Gasteiger charge is 2.06. The lowest BCUT2D eigenvalue weighted by atomic mass is 10.3. The molecule has 0 aromatic heterocycles.